The molecule has 162 valence electrons. The number of carbonyl (C=O) groups excluding carboxylic acids is 1. The number of hydrogen-bond acceptors (Lipinski definition) is 6. The SMILES string of the molecule is COc1ccc(CC(=O)N2CCc3onc(C(=O)O)c3C2)cc1.NCc1ccccc1. The average molecular weight is 423 g/mol. The van der Waals surface area contributed by atoms with Crippen molar-refractivity contribution >= 4 is 11.9 Å². The highest BCUT2D eigenvalue weighted by Gasteiger charge is 2.29. The Hall–Kier alpha value is -3.65. The van der Waals surface area contributed by atoms with Gasteiger partial charge in [-0.05, 0) is 23.3 Å². The van der Waals surface area contributed by atoms with Gasteiger partial charge in [0.1, 0.15) is 11.5 Å². The van der Waals surface area contributed by atoms with Crippen LogP contribution in [0.3, 0.4) is 0 Å². The molecular formula is C23H25N3O5. The van der Waals surface area contributed by atoms with Crippen molar-refractivity contribution in [3.05, 3.63) is 82.7 Å². The van der Waals surface area contributed by atoms with Crippen LogP contribution in [0.1, 0.15) is 32.9 Å². The van der Waals surface area contributed by atoms with Gasteiger partial charge in [-0.2, -0.15) is 0 Å². The first-order valence-corrected chi connectivity index (χ1v) is 9.87. The van der Waals surface area contributed by atoms with Gasteiger partial charge in [0.25, 0.3) is 0 Å². The highest BCUT2D eigenvalue weighted by Crippen LogP contribution is 2.23. The number of aromatic nitrogens is 1. The van der Waals surface area contributed by atoms with Gasteiger partial charge in [-0.15, -0.1) is 0 Å². The zero-order valence-corrected chi connectivity index (χ0v) is 17.3. The van der Waals surface area contributed by atoms with E-state index in [0.29, 0.717) is 30.8 Å². The molecule has 0 saturated heterocycles. The Morgan fingerprint density at radius 3 is 2.42 bits per heavy atom. The van der Waals surface area contributed by atoms with Gasteiger partial charge in [0.05, 0.1) is 20.1 Å². The Balaban J connectivity index is 0.000000287. The standard InChI is InChI=1S/C16H16N2O5.C7H9N/c1-22-11-4-2-10(3-5-11)8-14(19)18-7-6-13-12(9-18)15(16(20)21)17-23-13;8-6-7-4-2-1-3-5-7/h2-5H,6-9H2,1H3,(H,20,21);1-5H,6,8H2. The number of benzene rings is 2. The first kappa shape index (κ1) is 22.0. The highest BCUT2D eigenvalue weighted by molar-refractivity contribution is 5.87. The minimum Gasteiger partial charge on any atom is -0.497 e. The average Bonchev–Trinajstić information content (AvgIpc) is 3.24. The summed E-state index contributed by atoms with van der Waals surface area (Å²) in [7, 11) is 1.59. The van der Waals surface area contributed by atoms with E-state index in [9.17, 15) is 9.59 Å². The molecule has 0 fully saturated rings. The molecule has 2 heterocycles. The quantitative estimate of drug-likeness (QED) is 0.647. The summed E-state index contributed by atoms with van der Waals surface area (Å²) < 4.78 is 10.1. The molecule has 3 aromatic rings. The molecule has 1 aliphatic heterocycles. The van der Waals surface area contributed by atoms with E-state index >= 15 is 0 Å². The molecule has 1 aromatic heterocycles. The number of methoxy groups -OCH3 is 1. The summed E-state index contributed by atoms with van der Waals surface area (Å²) in [5.74, 6) is 0.0908. The number of aromatic carboxylic acids is 1. The number of nitrogens with zero attached hydrogens (tertiary/aromatic N) is 2. The van der Waals surface area contributed by atoms with Gasteiger partial charge < -0.3 is 25.0 Å². The van der Waals surface area contributed by atoms with E-state index < -0.39 is 5.97 Å². The smallest absolute Gasteiger partial charge is 0.358 e. The van der Waals surface area contributed by atoms with Gasteiger partial charge in [0.2, 0.25) is 5.91 Å². The summed E-state index contributed by atoms with van der Waals surface area (Å²) in [5, 5.41) is 12.7. The molecule has 8 heteroatoms. The third-order valence-electron chi connectivity index (χ3n) is 4.98. The third kappa shape index (κ3) is 5.70. The largest absolute Gasteiger partial charge is 0.497 e. The van der Waals surface area contributed by atoms with Crippen LogP contribution in [-0.2, 0) is 30.7 Å². The molecule has 3 N–H and O–H groups in total. The fraction of sp³-hybridized carbons (Fsp3) is 0.261. The molecule has 8 nitrogen and oxygen atoms in total. The van der Waals surface area contributed by atoms with Crippen molar-refractivity contribution in [2.75, 3.05) is 13.7 Å². The zero-order valence-electron chi connectivity index (χ0n) is 17.3. The number of ether oxygens (including phenoxy) is 1. The molecule has 2 aromatic carbocycles. The van der Waals surface area contributed by atoms with Gasteiger partial charge in [-0.1, -0.05) is 47.6 Å². The molecule has 0 spiro atoms. The van der Waals surface area contributed by atoms with Crippen LogP contribution in [0.4, 0.5) is 0 Å². The third-order valence-corrected chi connectivity index (χ3v) is 4.98. The summed E-state index contributed by atoms with van der Waals surface area (Å²) in [6.07, 6.45) is 0.733. The number of hydrogen-bond donors (Lipinski definition) is 2. The summed E-state index contributed by atoms with van der Waals surface area (Å²) in [6.45, 7) is 1.35. The lowest BCUT2D eigenvalue weighted by molar-refractivity contribution is -0.131. The summed E-state index contributed by atoms with van der Waals surface area (Å²) in [6, 6.07) is 17.3. The van der Waals surface area contributed by atoms with Gasteiger partial charge in [0.15, 0.2) is 5.69 Å². The fourth-order valence-electron chi connectivity index (χ4n) is 3.23. The molecule has 4 rings (SSSR count). The van der Waals surface area contributed by atoms with Crippen molar-refractivity contribution in [2.24, 2.45) is 5.73 Å². The molecule has 0 aliphatic carbocycles. The number of rotatable bonds is 5. The molecule has 1 amide bonds. The van der Waals surface area contributed by atoms with E-state index in [-0.39, 0.29) is 24.6 Å². The lowest BCUT2D eigenvalue weighted by Crippen LogP contribution is -2.37. The van der Waals surface area contributed by atoms with Crippen LogP contribution >= 0.6 is 0 Å². The van der Waals surface area contributed by atoms with Crippen LogP contribution in [-0.4, -0.2) is 40.7 Å². The maximum absolute atomic E-state index is 12.4. The van der Waals surface area contributed by atoms with E-state index in [4.69, 9.17) is 20.1 Å². The highest BCUT2D eigenvalue weighted by atomic mass is 16.5. The second-order valence-electron chi connectivity index (χ2n) is 7.02. The number of carboxylic acids is 1. The number of fused-ring (bicyclic) bond motifs is 1. The van der Waals surface area contributed by atoms with E-state index in [1.54, 1.807) is 24.1 Å². The number of nitrogens with two attached hydrogens (primary N) is 1. The Morgan fingerprint density at radius 2 is 1.84 bits per heavy atom. The van der Waals surface area contributed by atoms with Gasteiger partial charge in [-0.3, -0.25) is 4.79 Å². The van der Waals surface area contributed by atoms with Crippen LogP contribution in [0, 0.1) is 0 Å². The summed E-state index contributed by atoms with van der Waals surface area (Å²) in [4.78, 5) is 25.2. The van der Waals surface area contributed by atoms with Crippen molar-refractivity contribution in [2.45, 2.75) is 25.9 Å². The molecule has 0 unspecified atom stereocenters. The van der Waals surface area contributed by atoms with Gasteiger partial charge >= 0.3 is 5.97 Å². The van der Waals surface area contributed by atoms with Crippen molar-refractivity contribution < 1.29 is 24.0 Å². The molecule has 0 radical (unpaired) electrons. The topological polar surface area (TPSA) is 119 Å². The van der Waals surface area contributed by atoms with Crippen LogP contribution in [0.5, 0.6) is 5.75 Å². The van der Waals surface area contributed by atoms with E-state index in [2.05, 4.69) is 5.16 Å². The second kappa shape index (κ2) is 10.4. The Morgan fingerprint density at radius 1 is 1.13 bits per heavy atom. The van der Waals surface area contributed by atoms with Crippen molar-refractivity contribution in [3.63, 3.8) is 0 Å². The first-order valence-electron chi connectivity index (χ1n) is 9.87. The predicted octanol–water partition coefficient (Wildman–Crippen LogP) is 2.65. The number of amides is 1. The maximum Gasteiger partial charge on any atom is 0.358 e. The van der Waals surface area contributed by atoms with Crippen LogP contribution < -0.4 is 10.5 Å². The number of carboxylic acid groups (broad SMARTS) is 1. The van der Waals surface area contributed by atoms with E-state index in [1.165, 1.54) is 5.56 Å². The molecule has 0 saturated carbocycles. The fourth-order valence-corrected chi connectivity index (χ4v) is 3.23. The number of carbonyl (C=O) groups is 2. The van der Waals surface area contributed by atoms with Crippen molar-refractivity contribution in [3.8, 4) is 5.75 Å². The molecular weight excluding hydrogens is 398 g/mol. The normalized spacial score (nSPS) is 12.4. The molecule has 31 heavy (non-hydrogen) atoms. The van der Waals surface area contributed by atoms with Gasteiger partial charge in [-0.25, -0.2) is 4.79 Å². The molecule has 1 aliphatic rings. The Labute approximate surface area is 180 Å². The predicted molar refractivity (Wildman–Crippen MR) is 114 cm³/mol. The minimum atomic E-state index is -1.14. The maximum atomic E-state index is 12.4. The molecule has 0 atom stereocenters. The van der Waals surface area contributed by atoms with Crippen molar-refractivity contribution in [1.29, 1.82) is 0 Å². The summed E-state index contributed by atoms with van der Waals surface area (Å²) >= 11 is 0. The Bertz CT molecular complexity index is 1020. The lowest BCUT2D eigenvalue weighted by atomic mass is 10.0. The van der Waals surface area contributed by atoms with Crippen LogP contribution in [0.15, 0.2) is 59.1 Å². The van der Waals surface area contributed by atoms with Crippen LogP contribution in [0.2, 0.25) is 0 Å². The molecule has 0 bridgehead atoms. The van der Waals surface area contributed by atoms with E-state index in [1.807, 2.05) is 42.5 Å². The van der Waals surface area contributed by atoms with E-state index in [0.717, 1.165) is 11.3 Å². The minimum absolute atomic E-state index is 0.0571. The second-order valence-corrected chi connectivity index (χ2v) is 7.02. The van der Waals surface area contributed by atoms with Gasteiger partial charge in [0, 0.05) is 25.1 Å². The van der Waals surface area contributed by atoms with Crippen LogP contribution in [0.25, 0.3) is 0 Å². The first-order chi connectivity index (χ1) is 15.0. The summed E-state index contributed by atoms with van der Waals surface area (Å²) in [5.41, 5.74) is 7.80. The zero-order chi connectivity index (χ0) is 22.2. The lowest BCUT2D eigenvalue weighted by Gasteiger charge is -2.26. The monoisotopic (exact) mass is 423 g/mol. The Kier molecular flexibility index (Phi) is 7.40. The van der Waals surface area contributed by atoms with Crippen molar-refractivity contribution in [1.82, 2.24) is 10.1 Å².